The molecule has 0 unspecified atom stereocenters. The number of nitrogens with one attached hydrogen (secondary N) is 1. The van der Waals surface area contributed by atoms with Gasteiger partial charge in [-0.05, 0) is 12.5 Å². The van der Waals surface area contributed by atoms with Crippen molar-refractivity contribution in [2.75, 3.05) is 11.9 Å². The fourth-order valence-corrected chi connectivity index (χ4v) is 1.70. The Balaban J connectivity index is 1.93. The van der Waals surface area contributed by atoms with Crippen molar-refractivity contribution in [3.63, 3.8) is 0 Å². The lowest BCUT2D eigenvalue weighted by molar-refractivity contribution is 0.257. The van der Waals surface area contributed by atoms with Crippen molar-refractivity contribution in [1.29, 1.82) is 0 Å². The molecule has 5 nitrogen and oxygen atoms in total. The van der Waals surface area contributed by atoms with Crippen LogP contribution in [0.2, 0.25) is 0 Å². The van der Waals surface area contributed by atoms with Gasteiger partial charge < -0.3 is 15.2 Å². The van der Waals surface area contributed by atoms with E-state index in [1.54, 1.807) is 12.4 Å². The number of aromatic nitrogens is 2. The van der Waals surface area contributed by atoms with Crippen molar-refractivity contribution in [1.82, 2.24) is 9.97 Å². The fourth-order valence-electron chi connectivity index (χ4n) is 1.70. The van der Waals surface area contributed by atoms with Crippen molar-refractivity contribution < 1.29 is 9.84 Å². The molecule has 2 N–H and O–H groups in total. The standard InChI is InChI=1S/C15H19N3O2/c1-2-7-16-15-9-17-13(8-18-15)11-20-14-6-4-3-5-12(14)10-19/h3-6,8-9,19H,2,7,10-11H2,1H3,(H,16,18). The Morgan fingerprint density at radius 2 is 2.05 bits per heavy atom. The van der Waals surface area contributed by atoms with E-state index >= 15 is 0 Å². The Labute approximate surface area is 118 Å². The van der Waals surface area contributed by atoms with Crippen molar-refractivity contribution in [2.24, 2.45) is 0 Å². The van der Waals surface area contributed by atoms with Crippen LogP contribution in [0.5, 0.6) is 5.75 Å². The Morgan fingerprint density at radius 1 is 1.20 bits per heavy atom. The molecule has 0 saturated carbocycles. The quantitative estimate of drug-likeness (QED) is 0.810. The molecule has 106 valence electrons. The molecule has 1 aromatic carbocycles. The third-order valence-electron chi connectivity index (χ3n) is 2.78. The third kappa shape index (κ3) is 3.93. The SMILES string of the molecule is CCCNc1cnc(COc2ccccc2CO)cn1. The Kier molecular flexibility index (Phi) is 5.32. The molecule has 0 spiro atoms. The number of nitrogens with zero attached hydrogens (tertiary/aromatic N) is 2. The lowest BCUT2D eigenvalue weighted by atomic mass is 10.2. The number of hydrogen-bond acceptors (Lipinski definition) is 5. The molecule has 1 heterocycles. The zero-order valence-electron chi connectivity index (χ0n) is 11.5. The lowest BCUT2D eigenvalue weighted by Crippen LogP contribution is -2.05. The average Bonchev–Trinajstić information content (AvgIpc) is 2.52. The van der Waals surface area contributed by atoms with Gasteiger partial charge in [0.15, 0.2) is 0 Å². The van der Waals surface area contributed by atoms with Crippen molar-refractivity contribution in [2.45, 2.75) is 26.6 Å². The van der Waals surface area contributed by atoms with Gasteiger partial charge in [-0.3, -0.25) is 4.98 Å². The van der Waals surface area contributed by atoms with Crippen LogP contribution in [0.15, 0.2) is 36.7 Å². The summed E-state index contributed by atoms with van der Waals surface area (Å²) in [5, 5.41) is 12.4. The molecular formula is C15H19N3O2. The van der Waals surface area contributed by atoms with Gasteiger partial charge in [-0.2, -0.15) is 0 Å². The Morgan fingerprint density at radius 3 is 2.75 bits per heavy atom. The molecule has 0 saturated heterocycles. The average molecular weight is 273 g/mol. The number of para-hydroxylation sites is 1. The van der Waals surface area contributed by atoms with Crippen LogP contribution < -0.4 is 10.1 Å². The number of anilines is 1. The lowest BCUT2D eigenvalue weighted by Gasteiger charge is -2.09. The summed E-state index contributed by atoms with van der Waals surface area (Å²) in [6.45, 7) is 3.27. The molecule has 0 aliphatic heterocycles. The highest BCUT2D eigenvalue weighted by molar-refractivity contribution is 5.33. The minimum atomic E-state index is -0.0400. The molecule has 0 bridgehead atoms. The van der Waals surface area contributed by atoms with Gasteiger partial charge in [0.1, 0.15) is 18.2 Å². The molecule has 0 aliphatic rings. The van der Waals surface area contributed by atoms with Crippen LogP contribution in [0.1, 0.15) is 24.6 Å². The van der Waals surface area contributed by atoms with Crippen LogP contribution in [0, 0.1) is 0 Å². The molecule has 0 atom stereocenters. The molecule has 2 rings (SSSR count). The van der Waals surface area contributed by atoms with Crippen LogP contribution in [0.4, 0.5) is 5.82 Å². The summed E-state index contributed by atoms with van der Waals surface area (Å²) in [4.78, 5) is 8.56. The summed E-state index contributed by atoms with van der Waals surface area (Å²) < 4.78 is 5.65. The first-order chi connectivity index (χ1) is 9.83. The maximum Gasteiger partial charge on any atom is 0.144 e. The first-order valence-electron chi connectivity index (χ1n) is 6.70. The first-order valence-corrected chi connectivity index (χ1v) is 6.70. The predicted octanol–water partition coefficient (Wildman–Crippen LogP) is 2.37. The van der Waals surface area contributed by atoms with Crippen LogP contribution in [0.3, 0.4) is 0 Å². The maximum atomic E-state index is 9.22. The molecule has 2 aromatic rings. The second-order valence-corrected chi connectivity index (χ2v) is 4.37. The number of ether oxygens (including phenoxy) is 1. The van der Waals surface area contributed by atoms with Gasteiger partial charge in [0, 0.05) is 12.1 Å². The second-order valence-electron chi connectivity index (χ2n) is 4.37. The zero-order valence-corrected chi connectivity index (χ0v) is 11.5. The number of rotatable bonds is 7. The topological polar surface area (TPSA) is 67.3 Å². The minimum Gasteiger partial charge on any atom is -0.487 e. The molecule has 0 aliphatic carbocycles. The fraction of sp³-hybridized carbons (Fsp3) is 0.333. The molecule has 20 heavy (non-hydrogen) atoms. The van der Waals surface area contributed by atoms with Gasteiger partial charge in [-0.25, -0.2) is 4.98 Å². The molecule has 0 radical (unpaired) electrons. The van der Waals surface area contributed by atoms with Crippen molar-refractivity contribution in [3.05, 3.63) is 47.9 Å². The summed E-state index contributed by atoms with van der Waals surface area (Å²) in [7, 11) is 0. The van der Waals surface area contributed by atoms with E-state index < -0.39 is 0 Å². The largest absolute Gasteiger partial charge is 0.487 e. The van der Waals surface area contributed by atoms with Gasteiger partial charge >= 0.3 is 0 Å². The van der Waals surface area contributed by atoms with Crippen LogP contribution in [-0.2, 0) is 13.2 Å². The van der Waals surface area contributed by atoms with Crippen LogP contribution in [0.25, 0.3) is 0 Å². The van der Waals surface area contributed by atoms with E-state index in [1.807, 2.05) is 24.3 Å². The highest BCUT2D eigenvalue weighted by Gasteiger charge is 2.03. The van der Waals surface area contributed by atoms with E-state index in [0.717, 1.165) is 30.0 Å². The van der Waals surface area contributed by atoms with Gasteiger partial charge in [0.25, 0.3) is 0 Å². The highest BCUT2D eigenvalue weighted by Crippen LogP contribution is 2.18. The Hall–Kier alpha value is -2.14. The summed E-state index contributed by atoms with van der Waals surface area (Å²) in [5.41, 5.74) is 1.52. The summed E-state index contributed by atoms with van der Waals surface area (Å²) in [5.74, 6) is 1.44. The predicted molar refractivity (Wildman–Crippen MR) is 77.5 cm³/mol. The summed E-state index contributed by atoms with van der Waals surface area (Å²) in [6, 6.07) is 7.40. The molecule has 1 aromatic heterocycles. The molecular weight excluding hydrogens is 254 g/mol. The van der Waals surface area contributed by atoms with Crippen LogP contribution in [-0.4, -0.2) is 21.6 Å². The minimum absolute atomic E-state index is 0.0400. The monoisotopic (exact) mass is 273 g/mol. The second kappa shape index (κ2) is 7.45. The zero-order chi connectivity index (χ0) is 14.2. The van der Waals surface area contributed by atoms with E-state index in [4.69, 9.17) is 4.74 Å². The summed E-state index contributed by atoms with van der Waals surface area (Å²) >= 11 is 0. The number of aliphatic hydroxyl groups excluding tert-OH is 1. The van der Waals surface area contributed by atoms with Crippen molar-refractivity contribution >= 4 is 5.82 Å². The number of benzene rings is 1. The van der Waals surface area contributed by atoms with E-state index in [-0.39, 0.29) is 6.61 Å². The van der Waals surface area contributed by atoms with Gasteiger partial charge in [0.2, 0.25) is 0 Å². The van der Waals surface area contributed by atoms with Crippen molar-refractivity contribution in [3.8, 4) is 5.75 Å². The molecule has 0 fully saturated rings. The van der Waals surface area contributed by atoms with Gasteiger partial charge in [-0.1, -0.05) is 25.1 Å². The Bertz CT molecular complexity index is 529. The van der Waals surface area contributed by atoms with E-state index in [9.17, 15) is 5.11 Å². The number of hydrogen-bond donors (Lipinski definition) is 2. The maximum absolute atomic E-state index is 9.22. The van der Waals surface area contributed by atoms with Crippen LogP contribution >= 0.6 is 0 Å². The van der Waals surface area contributed by atoms with E-state index in [1.165, 1.54) is 0 Å². The smallest absolute Gasteiger partial charge is 0.144 e. The highest BCUT2D eigenvalue weighted by atomic mass is 16.5. The summed E-state index contributed by atoms with van der Waals surface area (Å²) in [6.07, 6.45) is 4.44. The molecule has 0 amide bonds. The van der Waals surface area contributed by atoms with Gasteiger partial charge in [-0.15, -0.1) is 0 Å². The number of aliphatic hydroxyl groups is 1. The van der Waals surface area contributed by atoms with E-state index in [2.05, 4.69) is 22.2 Å². The normalized spacial score (nSPS) is 10.3. The molecule has 5 heteroatoms. The van der Waals surface area contributed by atoms with E-state index in [0.29, 0.717) is 12.4 Å². The first kappa shape index (κ1) is 14.3. The third-order valence-corrected chi connectivity index (χ3v) is 2.78. The van der Waals surface area contributed by atoms with Gasteiger partial charge in [0.05, 0.1) is 24.7 Å².